The fraction of sp³-hybridized carbons (Fsp3) is 0.867. The molecule has 120 valence electrons. The minimum atomic E-state index is -0.911. The first kappa shape index (κ1) is 16.1. The second kappa shape index (κ2) is 5.48. The van der Waals surface area contributed by atoms with Gasteiger partial charge in [0.1, 0.15) is 5.60 Å². The van der Waals surface area contributed by atoms with Crippen LogP contribution in [0.1, 0.15) is 40.5 Å². The normalized spacial score (nSPS) is 30.5. The van der Waals surface area contributed by atoms with E-state index in [-0.39, 0.29) is 18.2 Å². The minimum Gasteiger partial charge on any atom is -0.481 e. The molecule has 21 heavy (non-hydrogen) atoms. The molecule has 1 N–H and O–H groups in total. The van der Waals surface area contributed by atoms with Crippen LogP contribution < -0.4 is 0 Å². The zero-order chi connectivity index (χ0) is 15.9. The average Bonchev–Trinajstić information content (AvgIpc) is 2.98. The monoisotopic (exact) mass is 299 g/mol. The summed E-state index contributed by atoms with van der Waals surface area (Å²) >= 11 is 0. The topological polar surface area (TPSA) is 76.1 Å². The van der Waals surface area contributed by atoms with Gasteiger partial charge in [0.2, 0.25) is 0 Å². The van der Waals surface area contributed by atoms with Crippen LogP contribution in [0.2, 0.25) is 0 Å². The Balaban J connectivity index is 2.14. The van der Waals surface area contributed by atoms with Gasteiger partial charge in [0.25, 0.3) is 0 Å². The van der Waals surface area contributed by atoms with Crippen LogP contribution in [-0.4, -0.2) is 53.0 Å². The highest BCUT2D eigenvalue weighted by atomic mass is 16.6. The Labute approximate surface area is 125 Å². The van der Waals surface area contributed by atoms with Crippen molar-refractivity contribution in [3.63, 3.8) is 0 Å². The number of nitrogens with zero attached hydrogens (tertiary/aromatic N) is 1. The third-order valence-electron chi connectivity index (χ3n) is 4.28. The molecule has 1 unspecified atom stereocenters. The number of aliphatic carboxylic acids is 1. The highest BCUT2D eigenvalue weighted by Crippen LogP contribution is 2.50. The first-order chi connectivity index (χ1) is 9.65. The number of carboxylic acid groups (broad SMARTS) is 1. The fourth-order valence-corrected chi connectivity index (χ4v) is 3.21. The van der Waals surface area contributed by atoms with E-state index in [1.165, 1.54) is 7.11 Å². The van der Waals surface area contributed by atoms with E-state index in [1.807, 2.05) is 20.8 Å². The van der Waals surface area contributed by atoms with Gasteiger partial charge in [0.15, 0.2) is 0 Å². The summed E-state index contributed by atoms with van der Waals surface area (Å²) in [5, 5.41) is 9.22. The molecule has 2 rings (SSSR count). The highest BCUT2D eigenvalue weighted by molar-refractivity contribution is 5.72. The average molecular weight is 299 g/mol. The van der Waals surface area contributed by atoms with Crippen molar-refractivity contribution in [3.05, 3.63) is 0 Å². The number of fused-ring (bicyclic) bond motifs is 1. The predicted octanol–water partition coefficient (Wildman–Crippen LogP) is 2.12. The van der Waals surface area contributed by atoms with Crippen molar-refractivity contribution in [2.24, 2.45) is 11.8 Å². The highest BCUT2D eigenvalue weighted by Gasteiger charge is 2.58. The molecular formula is C15H25NO5. The molecule has 0 aromatic rings. The Morgan fingerprint density at radius 1 is 1.29 bits per heavy atom. The van der Waals surface area contributed by atoms with Crippen molar-refractivity contribution in [1.29, 1.82) is 0 Å². The van der Waals surface area contributed by atoms with E-state index in [2.05, 4.69) is 0 Å². The lowest BCUT2D eigenvalue weighted by molar-refractivity contribution is -0.148. The largest absolute Gasteiger partial charge is 0.481 e. The fourth-order valence-electron chi connectivity index (χ4n) is 3.21. The summed E-state index contributed by atoms with van der Waals surface area (Å²) in [6, 6.07) is -0.0387. The van der Waals surface area contributed by atoms with Gasteiger partial charge in [0, 0.05) is 13.2 Å². The maximum Gasteiger partial charge on any atom is 0.410 e. The molecule has 1 amide bonds. The lowest BCUT2D eigenvalue weighted by atomic mass is 9.94. The minimum absolute atomic E-state index is 0.184. The molecule has 2 fully saturated rings. The number of carbonyl (C=O) groups is 2. The molecule has 0 aromatic heterocycles. The third kappa shape index (κ3) is 3.31. The summed E-state index contributed by atoms with van der Waals surface area (Å²) in [5.74, 6) is -1.12. The summed E-state index contributed by atoms with van der Waals surface area (Å²) in [4.78, 5) is 25.4. The van der Waals surface area contributed by atoms with Crippen LogP contribution in [0.4, 0.5) is 4.79 Å². The summed E-state index contributed by atoms with van der Waals surface area (Å²) in [6.45, 7) is 7.10. The lowest BCUT2D eigenvalue weighted by Gasteiger charge is -2.35. The van der Waals surface area contributed by atoms with E-state index < -0.39 is 23.6 Å². The molecule has 2 aliphatic rings. The van der Waals surface area contributed by atoms with E-state index in [0.717, 1.165) is 12.8 Å². The number of amides is 1. The van der Waals surface area contributed by atoms with Gasteiger partial charge in [-0.2, -0.15) is 0 Å². The van der Waals surface area contributed by atoms with Crippen molar-refractivity contribution >= 4 is 12.1 Å². The van der Waals surface area contributed by atoms with Crippen LogP contribution in [0.5, 0.6) is 0 Å². The molecule has 1 saturated heterocycles. The van der Waals surface area contributed by atoms with E-state index in [1.54, 1.807) is 11.8 Å². The summed E-state index contributed by atoms with van der Waals surface area (Å²) in [6.07, 6.45) is 0.896. The Morgan fingerprint density at radius 3 is 2.38 bits per heavy atom. The van der Waals surface area contributed by atoms with Crippen molar-refractivity contribution in [1.82, 2.24) is 4.90 Å². The lowest BCUT2D eigenvalue weighted by Crippen LogP contribution is -2.50. The number of piperidine rings is 1. The number of carboxylic acids is 1. The maximum atomic E-state index is 12.4. The van der Waals surface area contributed by atoms with Crippen LogP contribution in [0.3, 0.4) is 0 Å². The Hall–Kier alpha value is -1.30. The van der Waals surface area contributed by atoms with Gasteiger partial charge in [-0.1, -0.05) is 0 Å². The van der Waals surface area contributed by atoms with Gasteiger partial charge < -0.3 is 14.6 Å². The van der Waals surface area contributed by atoms with Gasteiger partial charge in [-0.25, -0.2) is 4.79 Å². The Bertz CT molecular complexity index is 430. The zero-order valence-electron chi connectivity index (χ0n) is 13.3. The number of hydrogen-bond acceptors (Lipinski definition) is 4. The molecule has 0 bridgehead atoms. The Morgan fingerprint density at radius 2 is 1.90 bits per heavy atom. The van der Waals surface area contributed by atoms with E-state index in [0.29, 0.717) is 5.92 Å². The van der Waals surface area contributed by atoms with Crippen LogP contribution in [-0.2, 0) is 14.3 Å². The molecular weight excluding hydrogens is 274 g/mol. The molecule has 1 heterocycles. The summed E-state index contributed by atoms with van der Waals surface area (Å²) in [5.41, 5.74) is -0.560. The number of carbonyl (C=O) groups excluding carboxylic acids is 1. The molecule has 5 atom stereocenters. The van der Waals surface area contributed by atoms with Crippen LogP contribution in [0.25, 0.3) is 0 Å². The molecule has 1 aliphatic heterocycles. The smallest absolute Gasteiger partial charge is 0.410 e. The van der Waals surface area contributed by atoms with Gasteiger partial charge in [0.05, 0.1) is 18.1 Å². The summed E-state index contributed by atoms with van der Waals surface area (Å²) < 4.78 is 10.9. The molecule has 1 aliphatic carbocycles. The van der Waals surface area contributed by atoms with Gasteiger partial charge >= 0.3 is 12.1 Å². The Kier molecular flexibility index (Phi) is 4.19. The van der Waals surface area contributed by atoms with E-state index in [9.17, 15) is 14.7 Å². The van der Waals surface area contributed by atoms with Gasteiger partial charge in [-0.15, -0.1) is 0 Å². The number of hydrogen-bond donors (Lipinski definition) is 1. The van der Waals surface area contributed by atoms with E-state index >= 15 is 0 Å². The standard InChI is InChI=1S/C15H25NO5/c1-8(13(17)18)12(20-5)11-7-9-6-10(9)16(11)14(19)21-15(2,3)4/h8-12H,6-7H2,1-5H3,(H,17,18)/t8-,9?,10+,11+,12-/m1/s1. The number of rotatable bonds is 4. The van der Waals surface area contributed by atoms with Crippen molar-refractivity contribution in [2.75, 3.05) is 7.11 Å². The van der Waals surface area contributed by atoms with Crippen molar-refractivity contribution in [3.8, 4) is 0 Å². The quantitative estimate of drug-likeness (QED) is 0.860. The SMILES string of the molecule is CO[C@H]([C@@H](C)C(=O)O)[C@@H]1CC2C[C@@H]2N1C(=O)OC(C)(C)C. The van der Waals surface area contributed by atoms with Crippen LogP contribution in [0, 0.1) is 11.8 Å². The zero-order valence-corrected chi connectivity index (χ0v) is 13.3. The molecule has 1 saturated carbocycles. The van der Waals surface area contributed by atoms with Gasteiger partial charge in [-0.05, 0) is 46.5 Å². The van der Waals surface area contributed by atoms with Crippen molar-refractivity contribution < 1.29 is 24.2 Å². The third-order valence-corrected chi connectivity index (χ3v) is 4.28. The van der Waals surface area contributed by atoms with E-state index in [4.69, 9.17) is 9.47 Å². The number of ether oxygens (including phenoxy) is 2. The molecule has 6 nitrogen and oxygen atoms in total. The number of methoxy groups -OCH3 is 1. The summed E-state index contributed by atoms with van der Waals surface area (Å²) in [7, 11) is 1.50. The first-order valence-electron chi connectivity index (χ1n) is 7.42. The van der Waals surface area contributed by atoms with Crippen LogP contribution in [0.15, 0.2) is 0 Å². The molecule has 0 aromatic carbocycles. The van der Waals surface area contributed by atoms with Crippen molar-refractivity contribution in [2.45, 2.75) is 64.3 Å². The predicted molar refractivity (Wildman–Crippen MR) is 76.0 cm³/mol. The number of likely N-dealkylation sites (tertiary alicyclic amines) is 1. The second-order valence-corrected chi connectivity index (χ2v) is 7.08. The molecule has 0 radical (unpaired) electrons. The maximum absolute atomic E-state index is 12.4. The second-order valence-electron chi connectivity index (χ2n) is 7.08. The van der Waals surface area contributed by atoms with Crippen LogP contribution >= 0.6 is 0 Å². The molecule has 0 spiro atoms. The van der Waals surface area contributed by atoms with Gasteiger partial charge in [-0.3, -0.25) is 9.69 Å². The molecule has 6 heteroatoms. The first-order valence-corrected chi connectivity index (χ1v) is 7.42.